The first kappa shape index (κ1) is 15.6. The van der Waals surface area contributed by atoms with Gasteiger partial charge in [0, 0.05) is 31.3 Å². The van der Waals surface area contributed by atoms with Crippen LogP contribution in [0.4, 0.5) is 4.39 Å². The summed E-state index contributed by atoms with van der Waals surface area (Å²) in [6.07, 6.45) is 9.46. The van der Waals surface area contributed by atoms with Gasteiger partial charge in [-0.25, -0.2) is 4.39 Å². The van der Waals surface area contributed by atoms with E-state index in [1.54, 1.807) is 12.1 Å². The third-order valence-electron chi connectivity index (χ3n) is 6.70. The number of morpholine rings is 1. The zero-order valence-electron chi connectivity index (χ0n) is 14.5. The van der Waals surface area contributed by atoms with E-state index in [4.69, 9.17) is 9.73 Å². The lowest BCUT2D eigenvalue weighted by Crippen LogP contribution is -2.49. The molecule has 0 radical (unpaired) electrons. The maximum absolute atomic E-state index is 13.5. The van der Waals surface area contributed by atoms with Crippen LogP contribution in [0.5, 0.6) is 0 Å². The Hall–Kier alpha value is -1.68. The Balaban J connectivity index is 1.54. The summed E-state index contributed by atoms with van der Waals surface area (Å²) in [5.74, 6) is 2.55. The molecule has 132 valence electrons. The second-order valence-electron chi connectivity index (χ2n) is 7.88. The van der Waals surface area contributed by atoms with E-state index in [9.17, 15) is 4.39 Å². The summed E-state index contributed by atoms with van der Waals surface area (Å²) in [7, 11) is 0. The van der Waals surface area contributed by atoms with Crippen molar-refractivity contribution in [1.82, 2.24) is 4.90 Å². The first-order valence-corrected chi connectivity index (χ1v) is 9.61. The van der Waals surface area contributed by atoms with Crippen LogP contribution in [0, 0.1) is 17.7 Å². The molecule has 2 heterocycles. The van der Waals surface area contributed by atoms with Gasteiger partial charge in [0.15, 0.2) is 0 Å². The monoisotopic (exact) mass is 340 g/mol. The molecule has 2 bridgehead atoms. The molecule has 3 nitrogen and oxygen atoms in total. The minimum Gasteiger partial charge on any atom is -0.378 e. The Bertz CT molecular complexity index is 707. The van der Waals surface area contributed by atoms with Crippen molar-refractivity contribution in [3.05, 3.63) is 47.8 Å². The first-order chi connectivity index (χ1) is 12.3. The smallest absolute Gasteiger partial charge is 0.123 e. The van der Waals surface area contributed by atoms with Crippen molar-refractivity contribution < 1.29 is 9.13 Å². The lowest BCUT2D eigenvalue weighted by atomic mass is 9.55. The molecule has 1 spiro atoms. The number of amidine groups is 1. The standard InChI is InChI=1S/C21H25FN2O/c22-18-7-3-16(4-8-18)20-15-1-5-17(6-2-15)21(20)10-9-19(23-21)24-11-13-25-14-12-24/h1,3-5,7-8,15,17,20H,2,6,9-14H2. The highest BCUT2D eigenvalue weighted by molar-refractivity contribution is 5.85. The molecule has 25 heavy (non-hydrogen) atoms. The van der Waals surface area contributed by atoms with Gasteiger partial charge in [0.25, 0.3) is 0 Å². The number of benzene rings is 1. The summed E-state index contributed by atoms with van der Waals surface area (Å²) in [4.78, 5) is 7.83. The Morgan fingerprint density at radius 2 is 1.88 bits per heavy atom. The van der Waals surface area contributed by atoms with Crippen LogP contribution in [0.15, 0.2) is 41.4 Å². The predicted molar refractivity (Wildman–Crippen MR) is 96.3 cm³/mol. The molecule has 6 rings (SSSR count). The van der Waals surface area contributed by atoms with Gasteiger partial charge >= 0.3 is 0 Å². The molecule has 2 fully saturated rings. The lowest BCUT2D eigenvalue weighted by Gasteiger charge is -2.51. The number of aliphatic imine (C=N–C) groups is 1. The molecule has 5 aliphatic rings. The molecular formula is C21H25FN2O. The molecule has 4 atom stereocenters. The van der Waals surface area contributed by atoms with E-state index in [1.807, 2.05) is 12.1 Å². The number of fused-ring (bicyclic) bond motifs is 1. The van der Waals surface area contributed by atoms with E-state index in [-0.39, 0.29) is 11.4 Å². The van der Waals surface area contributed by atoms with E-state index >= 15 is 0 Å². The molecule has 3 aliphatic carbocycles. The Kier molecular flexibility index (Phi) is 3.70. The minimum absolute atomic E-state index is 0.0247. The summed E-state index contributed by atoms with van der Waals surface area (Å²) >= 11 is 0. The maximum Gasteiger partial charge on any atom is 0.123 e. The van der Waals surface area contributed by atoms with Gasteiger partial charge in [-0.2, -0.15) is 0 Å². The SMILES string of the molecule is Fc1ccc(C2C3C=CC(CC3)C23CCC(N2CCOCC2)=N3)cc1. The summed E-state index contributed by atoms with van der Waals surface area (Å²) in [5, 5.41) is 0. The highest BCUT2D eigenvalue weighted by Gasteiger charge is 2.55. The van der Waals surface area contributed by atoms with E-state index < -0.39 is 0 Å². The van der Waals surface area contributed by atoms with Crippen molar-refractivity contribution in [3.63, 3.8) is 0 Å². The van der Waals surface area contributed by atoms with Gasteiger partial charge < -0.3 is 9.64 Å². The topological polar surface area (TPSA) is 24.8 Å². The van der Waals surface area contributed by atoms with Gasteiger partial charge in [0.1, 0.15) is 5.82 Å². The van der Waals surface area contributed by atoms with Crippen LogP contribution < -0.4 is 0 Å². The normalized spacial score (nSPS) is 36.9. The predicted octanol–water partition coefficient (Wildman–Crippen LogP) is 3.77. The van der Waals surface area contributed by atoms with Crippen LogP contribution in [0.2, 0.25) is 0 Å². The Morgan fingerprint density at radius 3 is 2.60 bits per heavy atom. The van der Waals surface area contributed by atoms with Gasteiger partial charge in [0.2, 0.25) is 0 Å². The van der Waals surface area contributed by atoms with Crippen LogP contribution in [0.3, 0.4) is 0 Å². The summed E-state index contributed by atoms with van der Waals surface area (Å²) < 4.78 is 19.0. The zero-order valence-corrected chi connectivity index (χ0v) is 14.5. The van der Waals surface area contributed by atoms with Crippen molar-refractivity contribution >= 4 is 5.84 Å². The molecule has 4 unspecified atom stereocenters. The van der Waals surface area contributed by atoms with Gasteiger partial charge in [-0.1, -0.05) is 24.3 Å². The van der Waals surface area contributed by atoms with Gasteiger partial charge in [0.05, 0.1) is 24.6 Å². The third-order valence-corrected chi connectivity index (χ3v) is 6.70. The van der Waals surface area contributed by atoms with Crippen LogP contribution >= 0.6 is 0 Å². The van der Waals surface area contributed by atoms with Crippen LogP contribution in [0.25, 0.3) is 0 Å². The number of rotatable bonds is 1. The average molecular weight is 340 g/mol. The summed E-state index contributed by atoms with van der Waals surface area (Å²) in [6.45, 7) is 3.53. The highest BCUT2D eigenvalue weighted by Crippen LogP contribution is 2.58. The molecular weight excluding hydrogens is 315 g/mol. The van der Waals surface area contributed by atoms with Crippen molar-refractivity contribution in [3.8, 4) is 0 Å². The Labute approximate surface area is 148 Å². The lowest BCUT2D eigenvalue weighted by molar-refractivity contribution is 0.0673. The van der Waals surface area contributed by atoms with Gasteiger partial charge in [-0.05, 0) is 42.9 Å². The maximum atomic E-state index is 13.5. The summed E-state index contributed by atoms with van der Waals surface area (Å²) in [5.41, 5.74) is 1.23. The number of nitrogens with zero attached hydrogens (tertiary/aromatic N) is 2. The zero-order chi connectivity index (χ0) is 16.9. The van der Waals surface area contributed by atoms with Crippen LogP contribution in [-0.4, -0.2) is 42.6 Å². The van der Waals surface area contributed by atoms with E-state index in [2.05, 4.69) is 17.1 Å². The number of allylic oxidation sites excluding steroid dienone is 1. The van der Waals surface area contributed by atoms with Crippen molar-refractivity contribution in [2.75, 3.05) is 26.3 Å². The fourth-order valence-corrected chi connectivity index (χ4v) is 5.55. The number of hydrogen-bond donors (Lipinski definition) is 0. The summed E-state index contributed by atoms with van der Waals surface area (Å²) in [6, 6.07) is 7.18. The third kappa shape index (κ3) is 2.45. The number of halogens is 1. The Morgan fingerprint density at radius 1 is 1.08 bits per heavy atom. The van der Waals surface area contributed by atoms with Crippen molar-refractivity contribution in [2.24, 2.45) is 16.8 Å². The van der Waals surface area contributed by atoms with Crippen LogP contribution in [-0.2, 0) is 4.74 Å². The molecule has 4 heteroatoms. The molecule has 0 aromatic heterocycles. The molecule has 2 aliphatic heterocycles. The average Bonchev–Trinajstić information content (AvgIpc) is 3.10. The second kappa shape index (κ2) is 5.94. The van der Waals surface area contributed by atoms with Crippen molar-refractivity contribution in [2.45, 2.75) is 37.1 Å². The number of hydrogen-bond acceptors (Lipinski definition) is 3. The van der Waals surface area contributed by atoms with E-state index in [0.717, 1.165) is 39.1 Å². The highest BCUT2D eigenvalue weighted by atomic mass is 19.1. The fourth-order valence-electron chi connectivity index (χ4n) is 5.55. The van der Waals surface area contributed by atoms with E-state index in [1.165, 1.54) is 24.2 Å². The quantitative estimate of drug-likeness (QED) is 0.727. The molecule has 1 saturated heterocycles. The molecule has 1 aromatic rings. The minimum atomic E-state index is -0.154. The largest absolute Gasteiger partial charge is 0.378 e. The molecule has 0 N–H and O–H groups in total. The molecule has 1 saturated carbocycles. The molecule has 0 amide bonds. The first-order valence-electron chi connectivity index (χ1n) is 9.61. The molecule has 1 aromatic carbocycles. The van der Waals surface area contributed by atoms with Crippen molar-refractivity contribution in [1.29, 1.82) is 0 Å². The van der Waals surface area contributed by atoms with Gasteiger partial charge in [-0.3, -0.25) is 4.99 Å². The van der Waals surface area contributed by atoms with Crippen LogP contribution in [0.1, 0.15) is 37.2 Å². The van der Waals surface area contributed by atoms with Gasteiger partial charge in [-0.15, -0.1) is 0 Å². The second-order valence-corrected chi connectivity index (χ2v) is 7.88. The van der Waals surface area contributed by atoms with E-state index in [0.29, 0.717) is 17.8 Å². The number of ether oxygens (including phenoxy) is 1. The fraction of sp³-hybridized carbons (Fsp3) is 0.571.